The van der Waals surface area contributed by atoms with Gasteiger partial charge in [0.05, 0.1) is 12.3 Å². The Hall–Kier alpha value is -0.890. The molecule has 8 heteroatoms. The minimum atomic E-state index is -4.34. The third-order valence-corrected chi connectivity index (χ3v) is 3.03. The van der Waals surface area contributed by atoms with Crippen LogP contribution in [0.5, 0.6) is 0 Å². The highest BCUT2D eigenvalue weighted by molar-refractivity contribution is 9.10. The standard InChI is InChI=1S/C11H14BrF3N2O2/c1-2-3-7-9(12)10(18)17-8(16-7)4-5-19-6-11(13,14)15/h2-6H2,1H3,(H,16,17,18). The van der Waals surface area contributed by atoms with Gasteiger partial charge in [-0.3, -0.25) is 4.79 Å². The number of H-pyrrole nitrogens is 1. The zero-order valence-corrected chi connectivity index (χ0v) is 11.9. The Morgan fingerprint density at radius 1 is 1.37 bits per heavy atom. The van der Waals surface area contributed by atoms with E-state index in [1.807, 2.05) is 6.92 Å². The minimum absolute atomic E-state index is 0.134. The number of alkyl halides is 3. The maximum Gasteiger partial charge on any atom is 0.411 e. The van der Waals surface area contributed by atoms with Gasteiger partial charge in [-0.25, -0.2) is 4.98 Å². The fourth-order valence-electron chi connectivity index (χ4n) is 1.43. The van der Waals surface area contributed by atoms with Crippen LogP contribution in [0.25, 0.3) is 0 Å². The van der Waals surface area contributed by atoms with Gasteiger partial charge in [0, 0.05) is 6.42 Å². The van der Waals surface area contributed by atoms with Crippen molar-refractivity contribution in [3.05, 3.63) is 26.3 Å². The van der Waals surface area contributed by atoms with E-state index >= 15 is 0 Å². The van der Waals surface area contributed by atoms with Gasteiger partial charge in [0.25, 0.3) is 5.56 Å². The maximum atomic E-state index is 11.9. The third kappa shape index (κ3) is 5.73. The quantitative estimate of drug-likeness (QED) is 0.808. The van der Waals surface area contributed by atoms with E-state index < -0.39 is 12.8 Å². The summed E-state index contributed by atoms with van der Waals surface area (Å²) in [6, 6.07) is 0. The molecular formula is C11H14BrF3N2O2. The molecule has 0 radical (unpaired) electrons. The van der Waals surface area contributed by atoms with Gasteiger partial charge in [0.15, 0.2) is 0 Å². The fourth-order valence-corrected chi connectivity index (χ4v) is 1.82. The number of hydrogen-bond donors (Lipinski definition) is 1. The number of rotatable bonds is 6. The predicted octanol–water partition coefficient (Wildman–Crippen LogP) is 2.61. The number of hydrogen-bond acceptors (Lipinski definition) is 3. The van der Waals surface area contributed by atoms with E-state index in [4.69, 9.17) is 0 Å². The van der Waals surface area contributed by atoms with Crippen molar-refractivity contribution < 1.29 is 17.9 Å². The summed E-state index contributed by atoms with van der Waals surface area (Å²) in [5.41, 5.74) is 0.279. The van der Waals surface area contributed by atoms with Crippen molar-refractivity contribution in [1.82, 2.24) is 9.97 Å². The molecule has 4 nitrogen and oxygen atoms in total. The zero-order chi connectivity index (χ0) is 14.5. The van der Waals surface area contributed by atoms with Crippen molar-refractivity contribution >= 4 is 15.9 Å². The van der Waals surface area contributed by atoms with Crippen LogP contribution in [-0.2, 0) is 17.6 Å². The van der Waals surface area contributed by atoms with Gasteiger partial charge in [-0.2, -0.15) is 13.2 Å². The molecule has 1 aromatic heterocycles. The van der Waals surface area contributed by atoms with Crippen LogP contribution < -0.4 is 5.56 Å². The van der Waals surface area contributed by atoms with Crippen molar-refractivity contribution in [3.63, 3.8) is 0 Å². The van der Waals surface area contributed by atoms with Crippen LogP contribution in [0.15, 0.2) is 9.27 Å². The molecule has 0 saturated carbocycles. The highest BCUT2D eigenvalue weighted by Gasteiger charge is 2.27. The van der Waals surface area contributed by atoms with E-state index in [1.54, 1.807) is 0 Å². The van der Waals surface area contributed by atoms with Crippen LogP contribution in [0, 0.1) is 0 Å². The summed E-state index contributed by atoms with van der Waals surface area (Å²) in [6.45, 7) is 0.507. The van der Waals surface area contributed by atoms with Gasteiger partial charge in [0.1, 0.15) is 16.9 Å². The molecule has 0 aliphatic carbocycles. The Balaban J connectivity index is 2.62. The van der Waals surface area contributed by atoms with Crippen molar-refractivity contribution in [2.24, 2.45) is 0 Å². The van der Waals surface area contributed by atoms with Gasteiger partial charge in [-0.05, 0) is 22.4 Å². The molecule has 0 fully saturated rings. The van der Waals surface area contributed by atoms with Crippen LogP contribution in [0.1, 0.15) is 24.9 Å². The molecule has 0 unspecified atom stereocenters. The first-order valence-electron chi connectivity index (χ1n) is 5.75. The van der Waals surface area contributed by atoms with Gasteiger partial charge in [-0.1, -0.05) is 13.3 Å². The summed E-state index contributed by atoms with van der Waals surface area (Å²) in [5.74, 6) is 0.332. The van der Waals surface area contributed by atoms with Crippen molar-refractivity contribution in [1.29, 1.82) is 0 Å². The van der Waals surface area contributed by atoms with Gasteiger partial charge in [0.2, 0.25) is 0 Å². The van der Waals surface area contributed by atoms with Crippen LogP contribution in [0.3, 0.4) is 0 Å². The summed E-state index contributed by atoms with van der Waals surface area (Å²) in [4.78, 5) is 18.3. The molecule has 0 aliphatic heterocycles. The predicted molar refractivity (Wildman–Crippen MR) is 67.1 cm³/mol. The summed E-state index contributed by atoms with van der Waals surface area (Å²) >= 11 is 3.14. The lowest BCUT2D eigenvalue weighted by molar-refractivity contribution is -0.173. The van der Waals surface area contributed by atoms with Crippen LogP contribution in [-0.4, -0.2) is 29.4 Å². The monoisotopic (exact) mass is 342 g/mol. The largest absolute Gasteiger partial charge is 0.411 e. The second-order valence-corrected chi connectivity index (χ2v) is 4.73. The molecular weight excluding hydrogens is 329 g/mol. The second kappa shape index (κ2) is 7.04. The Bertz CT molecular complexity index is 474. The lowest BCUT2D eigenvalue weighted by Crippen LogP contribution is -2.20. The number of halogens is 4. The molecule has 19 heavy (non-hydrogen) atoms. The number of aryl methyl sites for hydroxylation is 1. The molecule has 1 heterocycles. The van der Waals surface area contributed by atoms with Crippen LogP contribution in [0.4, 0.5) is 13.2 Å². The molecule has 1 rings (SSSR count). The Labute approximate surface area is 116 Å². The average Bonchev–Trinajstić information content (AvgIpc) is 2.30. The third-order valence-electron chi connectivity index (χ3n) is 2.22. The van der Waals surface area contributed by atoms with E-state index in [0.717, 1.165) is 6.42 Å². The fraction of sp³-hybridized carbons (Fsp3) is 0.636. The first-order chi connectivity index (χ1) is 8.83. The first kappa shape index (κ1) is 16.2. The number of ether oxygens (including phenoxy) is 1. The van der Waals surface area contributed by atoms with Crippen molar-refractivity contribution in [2.75, 3.05) is 13.2 Å². The lowest BCUT2D eigenvalue weighted by Gasteiger charge is -2.08. The molecule has 108 valence electrons. The average molecular weight is 343 g/mol. The molecule has 0 aliphatic rings. The zero-order valence-electron chi connectivity index (χ0n) is 10.3. The number of aromatic amines is 1. The number of aromatic nitrogens is 2. The number of nitrogens with one attached hydrogen (secondary N) is 1. The minimum Gasteiger partial charge on any atom is -0.372 e. The smallest absolute Gasteiger partial charge is 0.372 e. The van der Waals surface area contributed by atoms with E-state index in [2.05, 4.69) is 30.6 Å². The highest BCUT2D eigenvalue weighted by atomic mass is 79.9. The van der Waals surface area contributed by atoms with Crippen molar-refractivity contribution in [2.45, 2.75) is 32.4 Å². The molecule has 0 bridgehead atoms. The van der Waals surface area contributed by atoms with E-state index in [9.17, 15) is 18.0 Å². The molecule has 0 amide bonds. The Kier molecular flexibility index (Phi) is 5.99. The second-order valence-electron chi connectivity index (χ2n) is 3.94. The van der Waals surface area contributed by atoms with E-state index in [0.29, 0.717) is 22.4 Å². The highest BCUT2D eigenvalue weighted by Crippen LogP contribution is 2.14. The Morgan fingerprint density at radius 2 is 2.05 bits per heavy atom. The summed E-state index contributed by atoms with van der Waals surface area (Å²) in [6.07, 6.45) is -2.76. The molecule has 1 aromatic rings. The van der Waals surface area contributed by atoms with Gasteiger partial charge in [-0.15, -0.1) is 0 Å². The number of nitrogens with zero attached hydrogens (tertiary/aromatic N) is 1. The summed E-state index contributed by atoms with van der Waals surface area (Å²) < 4.78 is 40.4. The van der Waals surface area contributed by atoms with Crippen molar-refractivity contribution in [3.8, 4) is 0 Å². The van der Waals surface area contributed by atoms with Crippen LogP contribution in [0.2, 0.25) is 0 Å². The van der Waals surface area contributed by atoms with E-state index in [-0.39, 0.29) is 18.6 Å². The molecule has 0 atom stereocenters. The lowest BCUT2D eigenvalue weighted by atomic mass is 10.2. The van der Waals surface area contributed by atoms with Gasteiger partial charge >= 0.3 is 6.18 Å². The van der Waals surface area contributed by atoms with Crippen LogP contribution >= 0.6 is 15.9 Å². The molecule has 1 N–H and O–H groups in total. The molecule has 0 saturated heterocycles. The summed E-state index contributed by atoms with van der Waals surface area (Å²) in [7, 11) is 0. The normalized spacial score (nSPS) is 11.8. The summed E-state index contributed by atoms with van der Waals surface area (Å²) in [5, 5.41) is 0. The van der Waals surface area contributed by atoms with Gasteiger partial charge < -0.3 is 9.72 Å². The van der Waals surface area contributed by atoms with E-state index in [1.165, 1.54) is 0 Å². The molecule has 0 aromatic carbocycles. The first-order valence-corrected chi connectivity index (χ1v) is 6.55. The SMILES string of the molecule is CCCc1nc(CCOCC(F)(F)F)[nH]c(=O)c1Br. The molecule has 0 spiro atoms. The Morgan fingerprint density at radius 3 is 2.63 bits per heavy atom. The topological polar surface area (TPSA) is 55.0 Å². The maximum absolute atomic E-state index is 11.9.